The van der Waals surface area contributed by atoms with Crippen molar-refractivity contribution in [2.75, 3.05) is 57.6 Å². The zero-order chi connectivity index (χ0) is 47.6. The molecule has 0 unspecified atom stereocenters. The molecule has 0 radical (unpaired) electrons. The van der Waals surface area contributed by atoms with Gasteiger partial charge in [0.25, 0.3) is 17.3 Å². The molecule has 1 aromatic carbocycles. The van der Waals surface area contributed by atoms with E-state index in [4.69, 9.17) is 14.6 Å². The third-order valence-electron chi connectivity index (χ3n) is 13.1. The Morgan fingerprint density at radius 1 is 0.500 bits per heavy atom. The Morgan fingerprint density at radius 3 is 1.23 bits per heavy atom. The number of carbonyl (C=O) groups excluding carboxylic acids is 1. The lowest BCUT2D eigenvalue weighted by molar-refractivity contribution is -0.122. The van der Waals surface area contributed by atoms with Crippen molar-refractivity contribution in [1.29, 1.82) is 0 Å². The molecule has 0 aliphatic rings. The Labute approximate surface area is 395 Å². The molecule has 0 aromatic heterocycles. The van der Waals surface area contributed by atoms with Crippen molar-refractivity contribution in [2.24, 2.45) is 11.8 Å². The van der Waals surface area contributed by atoms with Gasteiger partial charge in [-0.15, -0.1) is 0 Å². The molecule has 9 heteroatoms. The second-order valence-electron chi connectivity index (χ2n) is 18.8. The van der Waals surface area contributed by atoms with Gasteiger partial charge in [0.15, 0.2) is 0 Å². The number of nitrogens with one attached hydrogen (secondary N) is 2. The molecule has 0 saturated heterocycles. The lowest BCUT2D eigenvalue weighted by Gasteiger charge is -2.23. The van der Waals surface area contributed by atoms with E-state index in [0.29, 0.717) is 24.3 Å². The third-order valence-corrected chi connectivity index (χ3v) is 13.1. The smallest absolute Gasteiger partial charge is 0.290 e. The predicted molar refractivity (Wildman–Crippen MR) is 278 cm³/mol. The highest BCUT2D eigenvalue weighted by Crippen LogP contribution is 2.25. The molecular weight excluding hydrogens is 799 g/mol. The summed E-state index contributed by atoms with van der Waals surface area (Å²) in [5.41, 5.74) is 0.0647. The lowest BCUT2D eigenvalue weighted by atomic mass is 9.89. The number of aldehydes is 1. The number of carboxylic acid groups (broad SMARTS) is 1. The van der Waals surface area contributed by atoms with Gasteiger partial charge in [-0.25, -0.2) is 0 Å². The van der Waals surface area contributed by atoms with E-state index in [9.17, 15) is 14.4 Å². The Kier molecular flexibility index (Phi) is 51.6. The molecule has 1 rings (SSSR count). The van der Waals surface area contributed by atoms with Gasteiger partial charge in [-0.2, -0.15) is 0 Å². The Hall–Kier alpha value is -2.26. The minimum absolute atomic E-state index is 0.250. The highest BCUT2D eigenvalue weighted by molar-refractivity contribution is 5.73. The Balaban J connectivity index is 0. The van der Waals surface area contributed by atoms with E-state index < -0.39 is 10.9 Å². The number of ether oxygens (including phenoxy) is 1. The molecule has 0 heterocycles. The van der Waals surface area contributed by atoms with Gasteiger partial charge in [-0.3, -0.25) is 14.4 Å². The predicted octanol–water partition coefficient (Wildman–Crippen LogP) is 14.9. The molecule has 0 amide bonds. The molecule has 9 nitrogen and oxygen atoms in total. The van der Waals surface area contributed by atoms with Crippen LogP contribution in [0, 0.1) is 11.8 Å². The standard InChI is InChI=1S/C38H71N3O3.C16H34O.CH2O2/c1-4-6-8-19-26-34(27-20-9-7-5-2)28-21-15-11-10-12-16-22-30-41(31-23-17-13-14-18-24-33-42)32-25-29-40-36-35(39-3)37(43)38(36)44;1-4-6-8-10-12-16(14-15-17-3)13-11-9-7-5-2;2-1-3/h33-34,39-40H,4-32H2,1-3H3;16H,4-15H2,1-3H3;1H,(H,2,3). The zero-order valence-corrected chi connectivity index (χ0v) is 43.2. The van der Waals surface area contributed by atoms with Gasteiger partial charge in [0.1, 0.15) is 17.7 Å². The molecule has 0 saturated carbocycles. The number of hydrogen-bond donors (Lipinski definition) is 3. The van der Waals surface area contributed by atoms with Crippen LogP contribution in [0.1, 0.15) is 259 Å². The van der Waals surface area contributed by atoms with Gasteiger partial charge in [0.2, 0.25) is 0 Å². The molecule has 64 heavy (non-hydrogen) atoms. The maximum atomic E-state index is 11.8. The third kappa shape index (κ3) is 40.1. The number of methoxy groups -OCH3 is 1. The van der Waals surface area contributed by atoms with Crippen LogP contribution in [0.2, 0.25) is 0 Å². The van der Waals surface area contributed by atoms with E-state index >= 15 is 0 Å². The van der Waals surface area contributed by atoms with Crippen molar-refractivity contribution in [1.82, 2.24) is 4.90 Å². The molecule has 1 aromatic rings. The maximum Gasteiger partial charge on any atom is 0.290 e. The van der Waals surface area contributed by atoms with E-state index in [1.54, 1.807) is 7.05 Å². The first kappa shape index (κ1) is 63.8. The van der Waals surface area contributed by atoms with Crippen LogP contribution in [-0.4, -0.2) is 69.7 Å². The van der Waals surface area contributed by atoms with Crippen LogP contribution in [0.25, 0.3) is 0 Å². The molecule has 3 N–H and O–H groups in total. The summed E-state index contributed by atoms with van der Waals surface area (Å²) >= 11 is 0. The van der Waals surface area contributed by atoms with Crippen molar-refractivity contribution in [3.05, 3.63) is 20.4 Å². The van der Waals surface area contributed by atoms with Crippen molar-refractivity contribution in [2.45, 2.75) is 259 Å². The molecular formula is C55H107N3O6. The molecule has 0 aliphatic heterocycles. The summed E-state index contributed by atoms with van der Waals surface area (Å²) in [5.74, 6) is 1.89. The van der Waals surface area contributed by atoms with E-state index in [1.807, 2.05) is 7.11 Å². The minimum atomic E-state index is -0.412. The summed E-state index contributed by atoms with van der Waals surface area (Å²) in [6.45, 7) is 13.9. The summed E-state index contributed by atoms with van der Waals surface area (Å²) in [5, 5.41) is 12.9. The fourth-order valence-electron chi connectivity index (χ4n) is 8.99. The van der Waals surface area contributed by atoms with E-state index in [2.05, 4.69) is 43.2 Å². The summed E-state index contributed by atoms with van der Waals surface area (Å²) in [4.78, 5) is 44.9. The van der Waals surface area contributed by atoms with Gasteiger partial charge >= 0.3 is 0 Å². The van der Waals surface area contributed by atoms with Crippen LogP contribution in [0.15, 0.2) is 9.59 Å². The first-order valence-corrected chi connectivity index (χ1v) is 27.3. The van der Waals surface area contributed by atoms with Crippen molar-refractivity contribution >= 4 is 24.1 Å². The quantitative estimate of drug-likeness (QED) is 0.0333. The van der Waals surface area contributed by atoms with E-state index in [1.165, 1.54) is 205 Å². The highest BCUT2D eigenvalue weighted by atomic mass is 16.5. The average Bonchev–Trinajstić information content (AvgIpc) is 3.30. The zero-order valence-electron chi connectivity index (χ0n) is 43.2. The molecule has 0 bridgehead atoms. The van der Waals surface area contributed by atoms with Crippen LogP contribution in [0.4, 0.5) is 11.4 Å². The van der Waals surface area contributed by atoms with Crippen molar-refractivity contribution in [3.8, 4) is 0 Å². The van der Waals surface area contributed by atoms with Gasteiger partial charge in [-0.05, 0) is 63.6 Å². The largest absolute Gasteiger partial charge is 0.483 e. The average molecular weight is 906 g/mol. The summed E-state index contributed by atoms with van der Waals surface area (Å²) in [6, 6.07) is 0. The van der Waals surface area contributed by atoms with E-state index in [0.717, 1.165) is 63.6 Å². The fourth-order valence-corrected chi connectivity index (χ4v) is 8.99. The molecule has 0 fully saturated rings. The van der Waals surface area contributed by atoms with Crippen LogP contribution in [0.3, 0.4) is 0 Å². The number of nitrogens with zero attached hydrogens (tertiary/aromatic N) is 1. The summed E-state index contributed by atoms with van der Waals surface area (Å²) < 4.78 is 5.23. The lowest BCUT2D eigenvalue weighted by Crippen LogP contribution is -2.37. The van der Waals surface area contributed by atoms with Crippen LogP contribution in [0.5, 0.6) is 0 Å². The number of carbonyl (C=O) groups is 2. The Bertz CT molecular complexity index is 1150. The number of anilines is 2. The fraction of sp³-hybridized carbons (Fsp3) is 0.891. The molecule has 0 spiro atoms. The SMILES string of the molecule is CCCCCCC(CCCCCC)CCCCCCCCCN(CCCCCCCC=O)CCCNc1c(NC)c(=O)c1=O.CCCCCCC(CCCCCC)CCOC.O=CO. The topological polar surface area (TPSA) is 125 Å². The summed E-state index contributed by atoms with van der Waals surface area (Å²) in [6.07, 6.45) is 48.9. The monoisotopic (exact) mass is 906 g/mol. The van der Waals surface area contributed by atoms with Gasteiger partial charge in [0, 0.05) is 33.7 Å². The van der Waals surface area contributed by atoms with Crippen molar-refractivity contribution in [3.63, 3.8) is 0 Å². The van der Waals surface area contributed by atoms with Crippen molar-refractivity contribution < 1.29 is 19.4 Å². The van der Waals surface area contributed by atoms with E-state index in [-0.39, 0.29) is 6.47 Å². The van der Waals surface area contributed by atoms with Crippen LogP contribution < -0.4 is 21.5 Å². The number of rotatable bonds is 47. The molecule has 0 aliphatic carbocycles. The second-order valence-corrected chi connectivity index (χ2v) is 18.8. The summed E-state index contributed by atoms with van der Waals surface area (Å²) in [7, 11) is 3.51. The van der Waals surface area contributed by atoms with Gasteiger partial charge < -0.3 is 30.2 Å². The van der Waals surface area contributed by atoms with Gasteiger partial charge in [-0.1, -0.05) is 220 Å². The second kappa shape index (κ2) is 51.7. The van der Waals surface area contributed by atoms with Crippen LogP contribution >= 0.6 is 0 Å². The highest BCUT2D eigenvalue weighted by Gasteiger charge is 2.19. The molecule has 0 atom stereocenters. The first-order chi connectivity index (χ1) is 31.3. The number of hydrogen-bond acceptors (Lipinski definition) is 8. The molecule has 378 valence electrons. The normalized spacial score (nSPS) is 11.2. The first-order valence-electron chi connectivity index (χ1n) is 27.3. The maximum absolute atomic E-state index is 11.8. The Morgan fingerprint density at radius 2 is 0.844 bits per heavy atom. The minimum Gasteiger partial charge on any atom is -0.483 e. The number of unbranched alkanes of at least 4 members (excludes halogenated alkanes) is 23. The van der Waals surface area contributed by atoms with Gasteiger partial charge in [0.05, 0.1) is 0 Å². The van der Waals surface area contributed by atoms with Crippen LogP contribution in [-0.2, 0) is 14.3 Å².